The number of aromatic hydroxyl groups is 1. The molecule has 0 aromatic heterocycles. The number of anilines is 1. The molecule has 0 saturated heterocycles. The molecule has 1 aromatic carbocycles. The molecular weight excluding hydrogens is 198 g/mol. The Bertz CT molecular complexity index is 318. The lowest BCUT2D eigenvalue weighted by atomic mass is 9.87. The quantitative estimate of drug-likeness (QED) is 0.807. The molecule has 0 unspecified atom stereocenters. The van der Waals surface area contributed by atoms with Crippen LogP contribution in [0.2, 0.25) is 0 Å². The average molecular weight is 219 g/mol. The van der Waals surface area contributed by atoms with Gasteiger partial charge in [-0.1, -0.05) is 38.2 Å². The fraction of sp³-hybridized carbons (Fsp3) is 0.571. The number of hydrogen-bond donors (Lipinski definition) is 2. The molecule has 0 amide bonds. The zero-order valence-electron chi connectivity index (χ0n) is 9.78. The first-order chi connectivity index (χ1) is 7.84. The zero-order chi connectivity index (χ0) is 11.2. The van der Waals surface area contributed by atoms with Gasteiger partial charge in [-0.05, 0) is 24.5 Å². The van der Waals surface area contributed by atoms with Crippen LogP contribution in [0, 0.1) is 5.92 Å². The SMILES string of the molecule is Oc1cccc(NCCC2CCCCC2)c1. The van der Waals surface area contributed by atoms with Crippen molar-refractivity contribution in [1.29, 1.82) is 0 Å². The standard InChI is InChI=1S/C14H21NO/c16-14-8-4-7-13(11-14)15-10-9-12-5-2-1-3-6-12/h4,7-8,11-12,15-16H,1-3,5-6,9-10H2. The Labute approximate surface area is 97.7 Å². The van der Waals surface area contributed by atoms with E-state index < -0.39 is 0 Å². The molecule has 0 radical (unpaired) electrons. The fourth-order valence-electron chi connectivity index (χ4n) is 2.51. The van der Waals surface area contributed by atoms with Crippen LogP contribution in [0.25, 0.3) is 0 Å². The van der Waals surface area contributed by atoms with E-state index in [1.54, 1.807) is 12.1 Å². The lowest BCUT2D eigenvalue weighted by Gasteiger charge is -2.21. The number of nitrogens with one attached hydrogen (secondary N) is 1. The van der Waals surface area contributed by atoms with Crippen LogP contribution >= 0.6 is 0 Å². The van der Waals surface area contributed by atoms with Crippen molar-refractivity contribution >= 4 is 5.69 Å². The Kier molecular flexibility index (Phi) is 4.09. The Morgan fingerprint density at radius 2 is 2.00 bits per heavy atom. The van der Waals surface area contributed by atoms with E-state index in [1.807, 2.05) is 12.1 Å². The Morgan fingerprint density at radius 3 is 2.75 bits per heavy atom. The van der Waals surface area contributed by atoms with Crippen LogP contribution in [0.3, 0.4) is 0 Å². The predicted molar refractivity (Wildman–Crippen MR) is 67.8 cm³/mol. The third kappa shape index (κ3) is 3.44. The molecule has 0 heterocycles. The maximum atomic E-state index is 9.32. The van der Waals surface area contributed by atoms with Gasteiger partial charge >= 0.3 is 0 Å². The van der Waals surface area contributed by atoms with Crippen molar-refractivity contribution in [2.75, 3.05) is 11.9 Å². The van der Waals surface area contributed by atoms with Crippen LogP contribution in [0.15, 0.2) is 24.3 Å². The minimum Gasteiger partial charge on any atom is -0.508 e. The van der Waals surface area contributed by atoms with Crippen LogP contribution in [-0.4, -0.2) is 11.7 Å². The molecule has 1 saturated carbocycles. The summed E-state index contributed by atoms with van der Waals surface area (Å²) in [6.45, 7) is 1.02. The molecule has 16 heavy (non-hydrogen) atoms. The molecular formula is C14H21NO. The summed E-state index contributed by atoms with van der Waals surface area (Å²) in [5, 5.41) is 12.7. The molecule has 2 heteroatoms. The van der Waals surface area contributed by atoms with Crippen LogP contribution in [-0.2, 0) is 0 Å². The van der Waals surface area contributed by atoms with E-state index in [0.29, 0.717) is 5.75 Å². The number of hydrogen-bond acceptors (Lipinski definition) is 2. The van der Waals surface area contributed by atoms with E-state index in [0.717, 1.165) is 18.2 Å². The van der Waals surface area contributed by atoms with E-state index in [-0.39, 0.29) is 0 Å². The van der Waals surface area contributed by atoms with Gasteiger partial charge in [-0.25, -0.2) is 0 Å². The van der Waals surface area contributed by atoms with Gasteiger partial charge in [0.2, 0.25) is 0 Å². The number of phenols is 1. The first kappa shape index (κ1) is 11.3. The number of rotatable bonds is 4. The summed E-state index contributed by atoms with van der Waals surface area (Å²) >= 11 is 0. The summed E-state index contributed by atoms with van der Waals surface area (Å²) in [4.78, 5) is 0. The second kappa shape index (κ2) is 5.78. The molecule has 1 aliphatic carbocycles. The summed E-state index contributed by atoms with van der Waals surface area (Å²) in [5.41, 5.74) is 1.02. The van der Waals surface area contributed by atoms with Crippen molar-refractivity contribution < 1.29 is 5.11 Å². The van der Waals surface area contributed by atoms with Gasteiger partial charge in [0.05, 0.1) is 0 Å². The van der Waals surface area contributed by atoms with Gasteiger partial charge < -0.3 is 10.4 Å². The molecule has 88 valence electrons. The molecule has 1 aliphatic rings. The maximum Gasteiger partial charge on any atom is 0.117 e. The predicted octanol–water partition coefficient (Wildman–Crippen LogP) is 3.77. The van der Waals surface area contributed by atoms with Gasteiger partial charge in [0.25, 0.3) is 0 Å². The Hall–Kier alpha value is -1.18. The molecule has 0 aliphatic heterocycles. The van der Waals surface area contributed by atoms with Crippen LogP contribution in [0.1, 0.15) is 38.5 Å². The van der Waals surface area contributed by atoms with E-state index in [1.165, 1.54) is 38.5 Å². The maximum absolute atomic E-state index is 9.32. The van der Waals surface area contributed by atoms with E-state index >= 15 is 0 Å². The zero-order valence-corrected chi connectivity index (χ0v) is 9.78. The lowest BCUT2D eigenvalue weighted by molar-refractivity contribution is 0.345. The van der Waals surface area contributed by atoms with Crippen LogP contribution in [0.5, 0.6) is 5.75 Å². The largest absolute Gasteiger partial charge is 0.508 e. The highest BCUT2D eigenvalue weighted by molar-refractivity contribution is 5.47. The summed E-state index contributed by atoms with van der Waals surface area (Å²) in [6, 6.07) is 7.35. The van der Waals surface area contributed by atoms with Gasteiger partial charge in [-0.2, -0.15) is 0 Å². The minimum atomic E-state index is 0.336. The lowest BCUT2D eigenvalue weighted by Crippen LogP contribution is -2.12. The molecule has 2 nitrogen and oxygen atoms in total. The molecule has 0 atom stereocenters. The van der Waals surface area contributed by atoms with Crippen molar-refractivity contribution in [3.8, 4) is 5.75 Å². The molecule has 1 aromatic rings. The van der Waals surface area contributed by atoms with Crippen molar-refractivity contribution in [1.82, 2.24) is 0 Å². The smallest absolute Gasteiger partial charge is 0.117 e. The minimum absolute atomic E-state index is 0.336. The molecule has 1 fully saturated rings. The third-order valence-corrected chi connectivity index (χ3v) is 3.45. The number of benzene rings is 1. The van der Waals surface area contributed by atoms with Crippen molar-refractivity contribution in [3.05, 3.63) is 24.3 Å². The van der Waals surface area contributed by atoms with Crippen molar-refractivity contribution in [2.45, 2.75) is 38.5 Å². The molecule has 0 bridgehead atoms. The molecule has 2 rings (SSSR count). The molecule has 2 N–H and O–H groups in total. The van der Waals surface area contributed by atoms with Gasteiger partial charge in [0, 0.05) is 18.3 Å². The van der Waals surface area contributed by atoms with Gasteiger partial charge in [0.15, 0.2) is 0 Å². The van der Waals surface area contributed by atoms with Gasteiger partial charge in [0.1, 0.15) is 5.75 Å². The first-order valence-corrected chi connectivity index (χ1v) is 6.37. The highest BCUT2D eigenvalue weighted by Gasteiger charge is 2.12. The van der Waals surface area contributed by atoms with E-state index in [9.17, 15) is 5.11 Å². The monoisotopic (exact) mass is 219 g/mol. The summed E-state index contributed by atoms with van der Waals surface area (Å²) in [7, 11) is 0. The Morgan fingerprint density at radius 1 is 1.19 bits per heavy atom. The highest BCUT2D eigenvalue weighted by Crippen LogP contribution is 2.26. The van der Waals surface area contributed by atoms with Crippen LogP contribution in [0.4, 0.5) is 5.69 Å². The molecule has 0 spiro atoms. The highest BCUT2D eigenvalue weighted by atomic mass is 16.3. The van der Waals surface area contributed by atoms with Gasteiger partial charge in [-0.15, -0.1) is 0 Å². The van der Waals surface area contributed by atoms with Crippen LogP contribution < -0.4 is 5.32 Å². The third-order valence-electron chi connectivity index (χ3n) is 3.45. The van der Waals surface area contributed by atoms with E-state index in [2.05, 4.69) is 5.32 Å². The average Bonchev–Trinajstić information content (AvgIpc) is 2.30. The van der Waals surface area contributed by atoms with Crippen molar-refractivity contribution in [2.24, 2.45) is 5.92 Å². The summed E-state index contributed by atoms with van der Waals surface area (Å²) < 4.78 is 0. The Balaban J connectivity index is 1.71. The second-order valence-electron chi connectivity index (χ2n) is 4.77. The second-order valence-corrected chi connectivity index (χ2v) is 4.77. The van der Waals surface area contributed by atoms with Gasteiger partial charge in [-0.3, -0.25) is 0 Å². The normalized spacial score (nSPS) is 17.2. The summed E-state index contributed by atoms with van der Waals surface area (Å²) in [5.74, 6) is 1.25. The number of phenolic OH excluding ortho intramolecular Hbond substituents is 1. The van der Waals surface area contributed by atoms with Crippen molar-refractivity contribution in [3.63, 3.8) is 0 Å². The first-order valence-electron chi connectivity index (χ1n) is 6.37. The fourth-order valence-corrected chi connectivity index (χ4v) is 2.51. The summed E-state index contributed by atoms with van der Waals surface area (Å²) in [6.07, 6.45) is 8.32. The topological polar surface area (TPSA) is 32.3 Å². The van der Waals surface area contributed by atoms with E-state index in [4.69, 9.17) is 0 Å².